The van der Waals surface area contributed by atoms with E-state index >= 15 is 0 Å². The minimum absolute atomic E-state index is 0.287. The van der Waals surface area contributed by atoms with Crippen molar-refractivity contribution in [2.45, 2.75) is 18.5 Å². The molecule has 0 saturated carbocycles. The Morgan fingerprint density at radius 1 is 1.13 bits per heavy atom. The zero-order valence-electron chi connectivity index (χ0n) is 9.89. The SMILES string of the molecule is CN1CCC(N2CCN(C)C(CO)C2)C1. The first-order valence-corrected chi connectivity index (χ1v) is 5.94. The van der Waals surface area contributed by atoms with E-state index in [0.29, 0.717) is 6.04 Å². The van der Waals surface area contributed by atoms with Gasteiger partial charge in [-0.1, -0.05) is 0 Å². The van der Waals surface area contributed by atoms with E-state index in [0.717, 1.165) is 25.7 Å². The number of likely N-dealkylation sites (N-methyl/N-ethyl adjacent to an activating group) is 2. The molecule has 0 aliphatic carbocycles. The fraction of sp³-hybridized carbons (Fsp3) is 1.00. The lowest BCUT2D eigenvalue weighted by Gasteiger charge is -2.41. The van der Waals surface area contributed by atoms with Gasteiger partial charge in [0.2, 0.25) is 0 Å². The molecule has 2 saturated heterocycles. The number of nitrogens with zero attached hydrogens (tertiary/aromatic N) is 3. The number of rotatable bonds is 2. The van der Waals surface area contributed by atoms with E-state index < -0.39 is 0 Å². The van der Waals surface area contributed by atoms with E-state index in [1.807, 2.05) is 0 Å². The molecule has 0 radical (unpaired) electrons. The molecule has 0 aromatic heterocycles. The second-order valence-electron chi connectivity index (χ2n) is 5.02. The van der Waals surface area contributed by atoms with Gasteiger partial charge in [0.25, 0.3) is 0 Å². The molecule has 2 aliphatic rings. The molecular weight excluding hydrogens is 190 g/mol. The zero-order valence-corrected chi connectivity index (χ0v) is 9.89. The van der Waals surface area contributed by atoms with Gasteiger partial charge in [-0.25, -0.2) is 0 Å². The highest BCUT2D eigenvalue weighted by atomic mass is 16.3. The average molecular weight is 213 g/mol. The van der Waals surface area contributed by atoms with Crippen LogP contribution in [-0.4, -0.2) is 85.3 Å². The Hall–Kier alpha value is -0.160. The second-order valence-corrected chi connectivity index (χ2v) is 5.02. The molecule has 1 N–H and O–H groups in total. The second kappa shape index (κ2) is 4.78. The number of piperazine rings is 1. The lowest BCUT2D eigenvalue weighted by molar-refractivity contribution is 0.0377. The summed E-state index contributed by atoms with van der Waals surface area (Å²) in [5, 5.41) is 9.30. The van der Waals surface area contributed by atoms with Crippen molar-refractivity contribution in [3.63, 3.8) is 0 Å². The number of hydrogen-bond acceptors (Lipinski definition) is 4. The van der Waals surface area contributed by atoms with Crippen molar-refractivity contribution in [3.05, 3.63) is 0 Å². The number of aliphatic hydroxyl groups excluding tert-OH is 1. The molecule has 0 amide bonds. The van der Waals surface area contributed by atoms with Crippen LogP contribution < -0.4 is 0 Å². The van der Waals surface area contributed by atoms with E-state index in [1.165, 1.54) is 19.5 Å². The largest absolute Gasteiger partial charge is 0.395 e. The normalized spacial score (nSPS) is 36.2. The van der Waals surface area contributed by atoms with Gasteiger partial charge in [-0.3, -0.25) is 9.80 Å². The number of aliphatic hydroxyl groups is 1. The van der Waals surface area contributed by atoms with E-state index in [-0.39, 0.29) is 6.61 Å². The highest BCUT2D eigenvalue weighted by Crippen LogP contribution is 2.17. The smallest absolute Gasteiger partial charge is 0.0599 e. The monoisotopic (exact) mass is 213 g/mol. The van der Waals surface area contributed by atoms with Crippen LogP contribution in [0.15, 0.2) is 0 Å². The molecule has 0 aromatic rings. The number of hydrogen-bond donors (Lipinski definition) is 1. The molecule has 4 nitrogen and oxygen atoms in total. The first kappa shape index (κ1) is 11.3. The molecular formula is C11H23N3O. The first-order chi connectivity index (χ1) is 7.20. The summed E-state index contributed by atoms with van der Waals surface area (Å²) in [6.07, 6.45) is 1.29. The van der Waals surface area contributed by atoms with Crippen molar-refractivity contribution in [3.8, 4) is 0 Å². The highest BCUT2D eigenvalue weighted by Gasteiger charge is 2.31. The summed E-state index contributed by atoms with van der Waals surface area (Å²) in [4.78, 5) is 7.23. The van der Waals surface area contributed by atoms with Gasteiger partial charge < -0.3 is 10.0 Å². The van der Waals surface area contributed by atoms with E-state index in [1.54, 1.807) is 0 Å². The fourth-order valence-corrected chi connectivity index (χ4v) is 2.71. The van der Waals surface area contributed by atoms with Gasteiger partial charge in [0.1, 0.15) is 0 Å². The molecule has 0 spiro atoms. The molecule has 0 bridgehead atoms. The molecule has 2 fully saturated rings. The van der Waals surface area contributed by atoms with Crippen LogP contribution in [0.5, 0.6) is 0 Å². The Kier molecular flexibility index (Phi) is 3.61. The van der Waals surface area contributed by atoms with Crippen LogP contribution in [0.4, 0.5) is 0 Å². The van der Waals surface area contributed by atoms with Crippen LogP contribution in [0.3, 0.4) is 0 Å². The molecule has 2 aliphatic heterocycles. The Bertz CT molecular complexity index is 212. The van der Waals surface area contributed by atoms with Crippen molar-refractivity contribution >= 4 is 0 Å². The van der Waals surface area contributed by atoms with Gasteiger partial charge in [-0.2, -0.15) is 0 Å². The van der Waals surface area contributed by atoms with Crippen LogP contribution in [0.2, 0.25) is 0 Å². The van der Waals surface area contributed by atoms with E-state index in [2.05, 4.69) is 28.8 Å². The zero-order chi connectivity index (χ0) is 10.8. The summed E-state index contributed by atoms with van der Waals surface area (Å²) in [6.45, 7) is 5.99. The third kappa shape index (κ3) is 2.50. The lowest BCUT2D eigenvalue weighted by atomic mass is 10.1. The maximum atomic E-state index is 9.30. The topological polar surface area (TPSA) is 30.0 Å². The lowest BCUT2D eigenvalue weighted by Crippen LogP contribution is -2.56. The third-order valence-corrected chi connectivity index (χ3v) is 3.90. The molecule has 2 heterocycles. The Morgan fingerprint density at radius 2 is 1.93 bits per heavy atom. The van der Waals surface area contributed by atoms with Gasteiger partial charge in [0.15, 0.2) is 0 Å². The van der Waals surface area contributed by atoms with Gasteiger partial charge >= 0.3 is 0 Å². The van der Waals surface area contributed by atoms with Crippen LogP contribution in [0.25, 0.3) is 0 Å². The summed E-state index contributed by atoms with van der Waals surface area (Å²) < 4.78 is 0. The van der Waals surface area contributed by atoms with Crippen LogP contribution in [0, 0.1) is 0 Å². The minimum Gasteiger partial charge on any atom is -0.395 e. The van der Waals surface area contributed by atoms with Crippen molar-refractivity contribution in [1.82, 2.24) is 14.7 Å². The Labute approximate surface area is 92.5 Å². The van der Waals surface area contributed by atoms with E-state index in [4.69, 9.17) is 0 Å². The highest BCUT2D eigenvalue weighted by molar-refractivity contribution is 4.88. The predicted molar refractivity (Wildman–Crippen MR) is 61.0 cm³/mol. The Balaban J connectivity index is 1.88. The quantitative estimate of drug-likeness (QED) is 0.657. The summed E-state index contributed by atoms with van der Waals surface area (Å²) in [5.41, 5.74) is 0. The third-order valence-electron chi connectivity index (χ3n) is 3.90. The van der Waals surface area contributed by atoms with Gasteiger partial charge in [-0.05, 0) is 27.1 Å². The summed E-state index contributed by atoms with van der Waals surface area (Å²) in [5.74, 6) is 0. The fourth-order valence-electron chi connectivity index (χ4n) is 2.71. The average Bonchev–Trinajstić information content (AvgIpc) is 2.66. The van der Waals surface area contributed by atoms with Crippen molar-refractivity contribution < 1.29 is 5.11 Å². The van der Waals surface area contributed by atoms with Crippen LogP contribution in [0.1, 0.15) is 6.42 Å². The van der Waals surface area contributed by atoms with Crippen molar-refractivity contribution in [2.75, 3.05) is 53.4 Å². The predicted octanol–water partition coefficient (Wildman–Crippen LogP) is -0.701. The van der Waals surface area contributed by atoms with Gasteiger partial charge in [-0.15, -0.1) is 0 Å². The maximum Gasteiger partial charge on any atom is 0.0599 e. The molecule has 2 unspecified atom stereocenters. The van der Waals surface area contributed by atoms with Crippen LogP contribution in [-0.2, 0) is 0 Å². The molecule has 2 atom stereocenters. The summed E-state index contributed by atoms with van der Waals surface area (Å²) >= 11 is 0. The molecule has 15 heavy (non-hydrogen) atoms. The standard InChI is InChI=1S/C11H23N3O/c1-12-4-3-10(7-12)14-6-5-13(2)11(8-14)9-15/h10-11,15H,3-9H2,1-2H3. The van der Waals surface area contributed by atoms with Gasteiger partial charge in [0, 0.05) is 38.3 Å². The van der Waals surface area contributed by atoms with Crippen molar-refractivity contribution in [1.29, 1.82) is 0 Å². The van der Waals surface area contributed by atoms with Crippen molar-refractivity contribution in [2.24, 2.45) is 0 Å². The minimum atomic E-state index is 0.287. The molecule has 0 aromatic carbocycles. The first-order valence-electron chi connectivity index (χ1n) is 5.94. The number of likely N-dealkylation sites (tertiary alicyclic amines) is 1. The van der Waals surface area contributed by atoms with Gasteiger partial charge in [0.05, 0.1) is 6.61 Å². The van der Waals surface area contributed by atoms with E-state index in [9.17, 15) is 5.11 Å². The van der Waals surface area contributed by atoms with Crippen LogP contribution >= 0.6 is 0 Å². The molecule has 88 valence electrons. The maximum absolute atomic E-state index is 9.30. The molecule has 2 rings (SSSR count). The summed E-state index contributed by atoms with van der Waals surface area (Å²) in [7, 11) is 4.30. The summed E-state index contributed by atoms with van der Waals surface area (Å²) in [6, 6.07) is 1.06. The molecule has 4 heteroatoms. The Morgan fingerprint density at radius 3 is 2.53 bits per heavy atom.